The van der Waals surface area contributed by atoms with Crippen molar-refractivity contribution in [2.75, 3.05) is 23.0 Å². The predicted molar refractivity (Wildman–Crippen MR) is 258 cm³/mol. The van der Waals surface area contributed by atoms with E-state index in [9.17, 15) is 22.8 Å². The fourth-order valence-corrected chi connectivity index (χ4v) is 12.8. The number of halogens is 4. The van der Waals surface area contributed by atoms with Crippen molar-refractivity contribution in [1.82, 2.24) is 0 Å². The van der Waals surface area contributed by atoms with Crippen molar-refractivity contribution < 1.29 is 41.7 Å². The Morgan fingerprint density at radius 2 is 0.954 bits per heavy atom. The Hall–Kier alpha value is -3.94. The van der Waals surface area contributed by atoms with E-state index in [4.69, 9.17) is 18.9 Å². The van der Waals surface area contributed by atoms with E-state index in [1.165, 1.54) is 112 Å². The Morgan fingerprint density at radius 1 is 0.538 bits per heavy atom. The van der Waals surface area contributed by atoms with E-state index in [2.05, 4.69) is 46.9 Å². The molecule has 0 aromatic heterocycles. The van der Waals surface area contributed by atoms with Crippen molar-refractivity contribution in [3.8, 4) is 11.5 Å². The van der Waals surface area contributed by atoms with Crippen molar-refractivity contribution in [3.05, 3.63) is 69.8 Å². The third kappa shape index (κ3) is 10.3. The molecule has 0 radical (unpaired) electrons. The van der Waals surface area contributed by atoms with Crippen molar-refractivity contribution in [3.63, 3.8) is 0 Å². The molecule has 6 fully saturated rings. The SMILES string of the molecule is C[C@@H]1COC(=O)N1c1ccc2c(C(F)(F)F)c(OC3CCC(C4CCCCC4)CC3)ccc2c1.C[C@@H]1COC(=O)N1c1ccc2c(I)c(OC3CCC(C4CCCCC4)CC3)ccc2c1. The van der Waals surface area contributed by atoms with Crippen LogP contribution in [0.15, 0.2) is 60.7 Å². The highest BCUT2D eigenvalue weighted by atomic mass is 127. The minimum Gasteiger partial charge on any atom is -0.490 e. The molecule has 0 spiro atoms. The molecule has 4 aromatic rings. The molecule has 2 aliphatic heterocycles. The van der Waals surface area contributed by atoms with Gasteiger partial charge < -0.3 is 18.9 Å². The number of amides is 2. The Bertz CT molecular complexity index is 2310. The molecule has 2 amide bonds. The van der Waals surface area contributed by atoms with E-state index in [0.29, 0.717) is 29.7 Å². The fourth-order valence-electron chi connectivity index (χ4n) is 12.0. The zero-order valence-electron chi connectivity index (χ0n) is 37.9. The van der Waals surface area contributed by atoms with Crippen LogP contribution in [0.3, 0.4) is 0 Å². The zero-order chi connectivity index (χ0) is 45.2. The number of cyclic esters (lactones) is 2. The summed E-state index contributed by atoms with van der Waals surface area (Å²) < 4.78 is 66.5. The highest BCUT2D eigenvalue weighted by Crippen LogP contribution is 2.46. The van der Waals surface area contributed by atoms with Crippen molar-refractivity contribution in [2.45, 2.75) is 160 Å². The number of nitrogens with zero attached hydrogens (tertiary/aromatic N) is 2. The van der Waals surface area contributed by atoms with Crippen LogP contribution in [0.1, 0.15) is 135 Å². The summed E-state index contributed by atoms with van der Waals surface area (Å²) in [6, 6.07) is 18.0. The molecule has 4 aliphatic carbocycles. The van der Waals surface area contributed by atoms with Crippen LogP contribution >= 0.6 is 22.6 Å². The Kier molecular flexibility index (Phi) is 14.3. The summed E-state index contributed by atoms with van der Waals surface area (Å²) >= 11 is 2.41. The topological polar surface area (TPSA) is 77.5 Å². The number of benzene rings is 4. The monoisotopic (exact) mass is 1010 g/mol. The first kappa shape index (κ1) is 46.2. The van der Waals surface area contributed by atoms with Crippen LogP contribution in [0, 0.1) is 27.2 Å². The third-order valence-electron chi connectivity index (χ3n) is 15.5. The number of rotatable bonds is 8. The number of ether oxygens (including phenoxy) is 4. The summed E-state index contributed by atoms with van der Waals surface area (Å²) in [6.45, 7) is 4.57. The van der Waals surface area contributed by atoms with Gasteiger partial charge in [-0.15, -0.1) is 0 Å². The number of anilines is 2. The molecule has 10 rings (SSSR count). The molecule has 4 saturated carbocycles. The first-order valence-electron chi connectivity index (χ1n) is 24.5. The lowest BCUT2D eigenvalue weighted by molar-refractivity contribution is -0.138. The van der Waals surface area contributed by atoms with Crippen LogP contribution in [0.25, 0.3) is 21.5 Å². The quantitative estimate of drug-likeness (QED) is 0.164. The first-order chi connectivity index (χ1) is 31.4. The van der Waals surface area contributed by atoms with Crippen LogP contribution in [-0.2, 0) is 15.7 Å². The normalized spacial score (nSPS) is 27.0. The van der Waals surface area contributed by atoms with Gasteiger partial charge in [0.25, 0.3) is 0 Å². The van der Waals surface area contributed by atoms with Gasteiger partial charge >= 0.3 is 18.4 Å². The molecule has 12 heteroatoms. The van der Waals surface area contributed by atoms with Crippen LogP contribution in [-0.4, -0.2) is 49.7 Å². The molecule has 8 nitrogen and oxygen atoms in total. The van der Waals surface area contributed by atoms with Gasteiger partial charge in [0, 0.05) is 11.4 Å². The van der Waals surface area contributed by atoms with E-state index in [1.54, 1.807) is 23.1 Å². The second-order valence-corrected chi connectivity index (χ2v) is 20.9. The van der Waals surface area contributed by atoms with Gasteiger partial charge in [-0.25, -0.2) is 9.59 Å². The molecular weight excluding hydrogens is 944 g/mol. The van der Waals surface area contributed by atoms with Crippen LogP contribution in [0.2, 0.25) is 0 Å². The van der Waals surface area contributed by atoms with Gasteiger partial charge in [0.1, 0.15) is 30.3 Å². The number of carbonyl (C=O) groups excluding carboxylic acids is 2. The number of fused-ring (bicyclic) bond motifs is 2. The molecule has 0 N–H and O–H groups in total. The van der Waals surface area contributed by atoms with Gasteiger partial charge in [-0.05, 0) is 169 Å². The summed E-state index contributed by atoms with van der Waals surface area (Å²) in [6.07, 6.45) is 17.4. The van der Waals surface area contributed by atoms with Crippen LogP contribution in [0.5, 0.6) is 11.5 Å². The lowest BCUT2D eigenvalue weighted by Crippen LogP contribution is -2.30. The third-order valence-corrected chi connectivity index (χ3v) is 16.6. The standard InChI is InChI=1S/C27H32F3NO3.C26H32INO3/c1-17-16-33-26(32)31(17)21-10-13-23-20(15-21)9-14-24(25(23)27(28,29)30)34-22-11-7-19(8-12-22)18-5-3-2-4-6-18;1-17-16-30-26(29)28(17)21-10-13-23-20(15-21)9-14-24(25(23)27)31-22-11-7-19(8-12-22)18-5-3-2-4-6-18/h9-10,13-15,17-19,22H,2-8,11-12,16H2,1H3;9-10,13-15,17-19,22H,2-8,11-12,16H2,1H3/t2*17-,19?,22?/m11/s1. The second kappa shape index (κ2) is 20.1. The highest BCUT2D eigenvalue weighted by molar-refractivity contribution is 14.1. The first-order valence-corrected chi connectivity index (χ1v) is 25.6. The number of alkyl halides is 3. The lowest BCUT2D eigenvalue weighted by Gasteiger charge is -2.36. The predicted octanol–water partition coefficient (Wildman–Crippen LogP) is 15.0. The highest BCUT2D eigenvalue weighted by Gasteiger charge is 2.39. The Morgan fingerprint density at radius 3 is 1.40 bits per heavy atom. The number of carbonyl (C=O) groups is 2. The molecule has 2 atom stereocenters. The Labute approximate surface area is 395 Å². The average Bonchev–Trinajstić information content (AvgIpc) is 3.85. The minimum absolute atomic E-state index is 0.0652. The summed E-state index contributed by atoms with van der Waals surface area (Å²) in [7, 11) is 0. The molecule has 0 bridgehead atoms. The maximum Gasteiger partial charge on any atom is 0.420 e. The molecule has 4 aromatic carbocycles. The molecule has 0 unspecified atom stereocenters. The van der Waals surface area contributed by atoms with Gasteiger partial charge in [-0.1, -0.05) is 88.5 Å². The number of hydrogen-bond donors (Lipinski definition) is 0. The molecule has 2 saturated heterocycles. The van der Waals surface area contributed by atoms with Gasteiger partial charge in [0.15, 0.2) is 0 Å². The van der Waals surface area contributed by atoms with Gasteiger partial charge in [-0.2, -0.15) is 13.2 Å². The largest absolute Gasteiger partial charge is 0.490 e. The summed E-state index contributed by atoms with van der Waals surface area (Å²) in [4.78, 5) is 27.3. The van der Waals surface area contributed by atoms with Crippen LogP contribution in [0.4, 0.5) is 34.1 Å². The average molecular weight is 1010 g/mol. The lowest BCUT2D eigenvalue weighted by atomic mass is 9.73. The van der Waals surface area contributed by atoms with Crippen molar-refractivity contribution in [2.24, 2.45) is 23.7 Å². The smallest absolute Gasteiger partial charge is 0.420 e. The van der Waals surface area contributed by atoms with E-state index >= 15 is 0 Å². The van der Waals surface area contributed by atoms with Gasteiger partial charge in [0.2, 0.25) is 0 Å². The van der Waals surface area contributed by atoms with Crippen molar-refractivity contribution in [1.29, 1.82) is 0 Å². The van der Waals surface area contributed by atoms with Gasteiger partial charge in [-0.3, -0.25) is 9.80 Å². The van der Waals surface area contributed by atoms with E-state index in [-0.39, 0.29) is 42.0 Å². The Balaban J connectivity index is 0.000000165. The number of hydrogen-bond acceptors (Lipinski definition) is 6. The maximum atomic E-state index is 14.2. The summed E-state index contributed by atoms with van der Waals surface area (Å²) in [5.74, 6) is 4.27. The molecule has 65 heavy (non-hydrogen) atoms. The summed E-state index contributed by atoms with van der Waals surface area (Å²) in [5.41, 5.74) is 0.696. The zero-order valence-corrected chi connectivity index (χ0v) is 40.0. The van der Waals surface area contributed by atoms with E-state index in [1.807, 2.05) is 19.9 Å². The minimum atomic E-state index is -4.55. The second-order valence-electron chi connectivity index (χ2n) is 19.8. The van der Waals surface area contributed by atoms with E-state index < -0.39 is 17.8 Å². The van der Waals surface area contributed by atoms with Crippen LogP contribution < -0.4 is 19.3 Å². The molecular formula is C53H64F3IN2O6. The molecule has 350 valence electrons. The summed E-state index contributed by atoms with van der Waals surface area (Å²) in [5, 5.41) is 2.81. The fraction of sp³-hybridized carbons (Fsp3) is 0.585. The molecule has 2 heterocycles. The van der Waals surface area contributed by atoms with Crippen molar-refractivity contribution >= 4 is 67.7 Å². The van der Waals surface area contributed by atoms with E-state index in [0.717, 1.165) is 63.8 Å². The molecule has 6 aliphatic rings. The van der Waals surface area contributed by atoms with Gasteiger partial charge in [0.05, 0.1) is 27.9 Å². The maximum absolute atomic E-state index is 14.2.